The van der Waals surface area contributed by atoms with Gasteiger partial charge in [0.1, 0.15) is 0 Å². The summed E-state index contributed by atoms with van der Waals surface area (Å²) in [5, 5.41) is 5.07. The highest BCUT2D eigenvalue weighted by molar-refractivity contribution is 6.27. The molecule has 0 bridgehead atoms. The standard InChI is InChI=1S/C16H11Cl/c17-11-10-13-5-3-7-16-14-6-2-1-4-12(14)8-9-15(13)16/h1-11H. The van der Waals surface area contributed by atoms with Crippen LogP contribution in [0.25, 0.3) is 27.6 Å². The SMILES string of the molecule is ClC=Cc1cccc2c1ccc1ccccc12. The van der Waals surface area contributed by atoms with Crippen molar-refractivity contribution in [3.8, 4) is 0 Å². The Kier molecular flexibility index (Phi) is 2.58. The van der Waals surface area contributed by atoms with Crippen molar-refractivity contribution < 1.29 is 0 Å². The van der Waals surface area contributed by atoms with E-state index in [0.717, 1.165) is 5.56 Å². The van der Waals surface area contributed by atoms with Crippen LogP contribution in [-0.2, 0) is 0 Å². The molecule has 0 unspecified atom stereocenters. The summed E-state index contributed by atoms with van der Waals surface area (Å²) in [6.07, 6.45) is 1.93. The Morgan fingerprint density at radius 1 is 0.706 bits per heavy atom. The number of fused-ring (bicyclic) bond motifs is 3. The highest BCUT2D eigenvalue weighted by atomic mass is 35.5. The fourth-order valence-electron chi connectivity index (χ4n) is 2.28. The van der Waals surface area contributed by atoms with E-state index in [1.807, 2.05) is 6.08 Å². The summed E-state index contributed by atoms with van der Waals surface area (Å²) in [4.78, 5) is 0. The normalized spacial score (nSPS) is 11.6. The predicted octanol–water partition coefficient (Wildman–Crippen LogP) is 5.20. The summed E-state index contributed by atoms with van der Waals surface area (Å²) in [6, 6.07) is 19.1. The first-order valence-electron chi connectivity index (χ1n) is 5.57. The van der Waals surface area contributed by atoms with Crippen molar-refractivity contribution in [2.75, 3.05) is 0 Å². The first-order valence-corrected chi connectivity index (χ1v) is 6.01. The average molecular weight is 239 g/mol. The van der Waals surface area contributed by atoms with Gasteiger partial charge in [-0.3, -0.25) is 0 Å². The van der Waals surface area contributed by atoms with Gasteiger partial charge in [-0.15, -0.1) is 0 Å². The topological polar surface area (TPSA) is 0 Å². The zero-order valence-corrected chi connectivity index (χ0v) is 9.98. The molecule has 0 spiro atoms. The van der Waals surface area contributed by atoms with Gasteiger partial charge in [0, 0.05) is 5.54 Å². The maximum absolute atomic E-state index is 5.67. The van der Waals surface area contributed by atoms with Gasteiger partial charge in [0.05, 0.1) is 0 Å². The van der Waals surface area contributed by atoms with Crippen molar-refractivity contribution >= 4 is 39.2 Å². The molecule has 0 aromatic heterocycles. The lowest BCUT2D eigenvalue weighted by atomic mass is 9.98. The van der Waals surface area contributed by atoms with Gasteiger partial charge in [0.2, 0.25) is 0 Å². The number of hydrogen-bond acceptors (Lipinski definition) is 0. The number of halogens is 1. The summed E-state index contributed by atoms with van der Waals surface area (Å²) < 4.78 is 0. The van der Waals surface area contributed by atoms with Crippen LogP contribution in [0.15, 0.2) is 60.1 Å². The average Bonchev–Trinajstić information content (AvgIpc) is 2.39. The van der Waals surface area contributed by atoms with Crippen molar-refractivity contribution in [3.63, 3.8) is 0 Å². The van der Waals surface area contributed by atoms with E-state index in [4.69, 9.17) is 11.6 Å². The molecule has 17 heavy (non-hydrogen) atoms. The van der Waals surface area contributed by atoms with Crippen LogP contribution in [0.3, 0.4) is 0 Å². The van der Waals surface area contributed by atoms with Gasteiger partial charge in [0.25, 0.3) is 0 Å². The molecule has 3 aromatic carbocycles. The third-order valence-corrected chi connectivity index (χ3v) is 3.19. The van der Waals surface area contributed by atoms with E-state index in [1.165, 1.54) is 21.5 Å². The molecular weight excluding hydrogens is 228 g/mol. The van der Waals surface area contributed by atoms with Crippen molar-refractivity contribution in [1.82, 2.24) is 0 Å². The molecule has 0 aliphatic heterocycles. The molecule has 0 atom stereocenters. The maximum Gasteiger partial charge on any atom is 0.00486 e. The first-order chi connectivity index (χ1) is 8.40. The lowest BCUT2D eigenvalue weighted by Gasteiger charge is -2.06. The Labute approximate surface area is 105 Å². The number of rotatable bonds is 1. The van der Waals surface area contributed by atoms with E-state index in [-0.39, 0.29) is 0 Å². The molecule has 0 saturated heterocycles. The Balaban J connectivity index is 2.48. The van der Waals surface area contributed by atoms with Gasteiger partial charge in [-0.25, -0.2) is 0 Å². The zero-order valence-electron chi connectivity index (χ0n) is 9.23. The van der Waals surface area contributed by atoms with E-state index >= 15 is 0 Å². The van der Waals surface area contributed by atoms with Crippen LogP contribution >= 0.6 is 11.6 Å². The quantitative estimate of drug-likeness (QED) is 0.511. The number of hydrogen-bond donors (Lipinski definition) is 0. The van der Waals surface area contributed by atoms with Crippen molar-refractivity contribution in [2.24, 2.45) is 0 Å². The van der Waals surface area contributed by atoms with Gasteiger partial charge in [-0.05, 0) is 33.2 Å². The van der Waals surface area contributed by atoms with Crippen LogP contribution < -0.4 is 0 Å². The molecule has 0 aliphatic carbocycles. The predicted molar refractivity (Wildman–Crippen MR) is 76.3 cm³/mol. The van der Waals surface area contributed by atoms with Crippen molar-refractivity contribution in [3.05, 3.63) is 65.7 Å². The summed E-state index contributed by atoms with van der Waals surface area (Å²) in [6.45, 7) is 0. The van der Waals surface area contributed by atoms with E-state index in [1.54, 1.807) is 5.54 Å². The second kappa shape index (κ2) is 4.23. The van der Waals surface area contributed by atoms with E-state index in [2.05, 4.69) is 54.6 Å². The van der Waals surface area contributed by atoms with Crippen molar-refractivity contribution in [2.45, 2.75) is 0 Å². The van der Waals surface area contributed by atoms with E-state index in [0.29, 0.717) is 0 Å². The molecular formula is C16H11Cl. The fraction of sp³-hybridized carbons (Fsp3) is 0. The third kappa shape index (κ3) is 1.71. The molecule has 0 heterocycles. The van der Waals surface area contributed by atoms with Gasteiger partial charge in [0.15, 0.2) is 0 Å². The van der Waals surface area contributed by atoms with Crippen LogP contribution in [0.1, 0.15) is 5.56 Å². The Hall–Kier alpha value is -1.79. The van der Waals surface area contributed by atoms with Crippen LogP contribution in [-0.4, -0.2) is 0 Å². The van der Waals surface area contributed by atoms with Gasteiger partial charge < -0.3 is 0 Å². The number of benzene rings is 3. The molecule has 0 fully saturated rings. The monoisotopic (exact) mass is 238 g/mol. The molecule has 3 aromatic rings. The van der Waals surface area contributed by atoms with E-state index in [9.17, 15) is 0 Å². The Morgan fingerprint density at radius 3 is 2.41 bits per heavy atom. The molecule has 0 nitrogen and oxygen atoms in total. The molecule has 82 valence electrons. The minimum atomic E-state index is 1.16. The highest BCUT2D eigenvalue weighted by Crippen LogP contribution is 2.28. The van der Waals surface area contributed by atoms with Crippen LogP contribution in [0, 0.1) is 0 Å². The second-order valence-corrected chi connectivity index (χ2v) is 4.27. The van der Waals surface area contributed by atoms with E-state index < -0.39 is 0 Å². The minimum Gasteiger partial charge on any atom is -0.0929 e. The third-order valence-electron chi connectivity index (χ3n) is 3.06. The van der Waals surface area contributed by atoms with Gasteiger partial charge >= 0.3 is 0 Å². The Bertz CT molecular complexity index is 711. The maximum atomic E-state index is 5.67. The fourth-order valence-corrected chi connectivity index (χ4v) is 2.41. The van der Waals surface area contributed by atoms with Gasteiger partial charge in [-0.2, -0.15) is 0 Å². The zero-order chi connectivity index (χ0) is 11.7. The molecule has 0 saturated carbocycles. The Morgan fingerprint density at radius 2 is 1.53 bits per heavy atom. The largest absolute Gasteiger partial charge is 0.0929 e. The van der Waals surface area contributed by atoms with Crippen LogP contribution in [0.5, 0.6) is 0 Å². The molecule has 0 N–H and O–H groups in total. The molecule has 3 rings (SSSR count). The smallest absolute Gasteiger partial charge is 0.00486 e. The van der Waals surface area contributed by atoms with Crippen molar-refractivity contribution in [1.29, 1.82) is 0 Å². The molecule has 0 amide bonds. The summed E-state index contributed by atoms with van der Waals surface area (Å²) in [5.74, 6) is 0. The van der Waals surface area contributed by atoms with Crippen LogP contribution in [0.4, 0.5) is 0 Å². The summed E-state index contributed by atoms with van der Waals surface area (Å²) >= 11 is 5.67. The van der Waals surface area contributed by atoms with Gasteiger partial charge in [-0.1, -0.05) is 66.2 Å². The molecule has 0 aliphatic rings. The highest BCUT2D eigenvalue weighted by Gasteiger charge is 2.01. The molecule has 0 radical (unpaired) electrons. The summed E-state index contributed by atoms with van der Waals surface area (Å²) in [5.41, 5.74) is 2.72. The second-order valence-electron chi connectivity index (χ2n) is 4.02. The lowest BCUT2D eigenvalue weighted by molar-refractivity contribution is 1.73. The molecule has 1 heteroatoms. The summed E-state index contributed by atoms with van der Waals surface area (Å²) in [7, 11) is 0. The lowest BCUT2D eigenvalue weighted by Crippen LogP contribution is -1.80. The first kappa shape index (κ1) is 10.4. The minimum absolute atomic E-state index is 1.16. The van der Waals surface area contributed by atoms with Crippen LogP contribution in [0.2, 0.25) is 0 Å².